The first-order valence-electron chi connectivity index (χ1n) is 6.72. The minimum Gasteiger partial charge on any atom is -0.395 e. The average molecular weight is 282 g/mol. The van der Waals surface area contributed by atoms with Crippen LogP contribution in [0.25, 0.3) is 0 Å². The summed E-state index contributed by atoms with van der Waals surface area (Å²) in [7, 11) is 0. The van der Waals surface area contributed by atoms with Crippen LogP contribution in [0.4, 0.5) is 9.18 Å². The number of aliphatic hydroxyl groups is 1. The number of hydrogen-bond donors (Lipinski definition) is 3. The third-order valence-electron chi connectivity index (χ3n) is 2.79. The van der Waals surface area contributed by atoms with Crippen molar-refractivity contribution >= 4 is 6.03 Å². The molecule has 0 aliphatic heterocycles. The average Bonchev–Trinajstić information content (AvgIpc) is 2.35. The number of aliphatic hydroxyl groups excluding tert-OH is 1. The van der Waals surface area contributed by atoms with Crippen LogP contribution in [0.5, 0.6) is 0 Å². The van der Waals surface area contributed by atoms with Crippen LogP contribution in [-0.4, -0.2) is 24.3 Å². The van der Waals surface area contributed by atoms with E-state index in [4.69, 9.17) is 5.11 Å². The monoisotopic (exact) mass is 282 g/mol. The Kier molecular flexibility index (Phi) is 5.95. The maximum atomic E-state index is 13.0. The van der Waals surface area contributed by atoms with Crippen molar-refractivity contribution < 1.29 is 14.3 Å². The number of carbonyl (C=O) groups is 1. The fraction of sp³-hybridized carbons (Fsp3) is 0.533. The molecule has 0 aromatic heterocycles. The zero-order chi connectivity index (χ0) is 15.2. The molecule has 0 saturated heterocycles. The van der Waals surface area contributed by atoms with Gasteiger partial charge >= 0.3 is 6.03 Å². The Morgan fingerprint density at radius 1 is 1.30 bits per heavy atom. The van der Waals surface area contributed by atoms with E-state index in [9.17, 15) is 9.18 Å². The zero-order valence-electron chi connectivity index (χ0n) is 12.2. The summed E-state index contributed by atoms with van der Waals surface area (Å²) in [6.45, 7) is 6.34. The van der Waals surface area contributed by atoms with Crippen molar-refractivity contribution in [2.45, 2.75) is 33.2 Å². The maximum absolute atomic E-state index is 13.0. The van der Waals surface area contributed by atoms with Crippen molar-refractivity contribution in [1.82, 2.24) is 10.6 Å². The van der Waals surface area contributed by atoms with Gasteiger partial charge in [0.05, 0.1) is 12.6 Å². The Hall–Kier alpha value is -1.62. The number of urea groups is 1. The third-order valence-corrected chi connectivity index (χ3v) is 2.79. The quantitative estimate of drug-likeness (QED) is 0.777. The fourth-order valence-electron chi connectivity index (χ4n) is 1.94. The first-order chi connectivity index (χ1) is 9.31. The summed E-state index contributed by atoms with van der Waals surface area (Å²) in [4.78, 5) is 11.7. The van der Waals surface area contributed by atoms with E-state index in [1.807, 2.05) is 0 Å². The Morgan fingerprint density at radius 3 is 2.40 bits per heavy atom. The van der Waals surface area contributed by atoms with E-state index in [0.29, 0.717) is 0 Å². The first-order valence-corrected chi connectivity index (χ1v) is 6.72. The molecule has 20 heavy (non-hydrogen) atoms. The van der Waals surface area contributed by atoms with E-state index in [0.717, 1.165) is 12.0 Å². The standard InChI is InChI=1S/C15H23FN2O2/c1-15(2,3)10-13(18-14(20)17-8-9-19)11-4-6-12(16)7-5-11/h4-7,13,19H,8-10H2,1-3H3,(H2,17,18,20). The largest absolute Gasteiger partial charge is 0.395 e. The van der Waals surface area contributed by atoms with Crippen molar-refractivity contribution in [3.05, 3.63) is 35.6 Å². The molecule has 112 valence electrons. The first kappa shape index (κ1) is 16.4. The summed E-state index contributed by atoms with van der Waals surface area (Å²) in [5.74, 6) is -0.298. The number of nitrogens with one attached hydrogen (secondary N) is 2. The Morgan fingerprint density at radius 2 is 1.90 bits per heavy atom. The minimum atomic E-state index is -0.336. The third kappa shape index (κ3) is 6.02. The number of benzene rings is 1. The predicted molar refractivity (Wildman–Crippen MR) is 76.8 cm³/mol. The van der Waals surface area contributed by atoms with Crippen molar-refractivity contribution in [3.8, 4) is 0 Å². The van der Waals surface area contributed by atoms with Crippen LogP contribution in [-0.2, 0) is 0 Å². The van der Waals surface area contributed by atoms with Gasteiger partial charge in [-0.05, 0) is 29.5 Å². The van der Waals surface area contributed by atoms with Gasteiger partial charge in [0.1, 0.15) is 5.82 Å². The lowest BCUT2D eigenvalue weighted by Crippen LogP contribution is -2.40. The van der Waals surface area contributed by atoms with E-state index >= 15 is 0 Å². The number of hydrogen-bond acceptors (Lipinski definition) is 2. The van der Waals surface area contributed by atoms with Crippen LogP contribution in [0.15, 0.2) is 24.3 Å². The maximum Gasteiger partial charge on any atom is 0.315 e. The molecule has 1 aromatic rings. The molecular formula is C15H23FN2O2. The van der Waals surface area contributed by atoms with Crippen LogP contribution in [0.2, 0.25) is 0 Å². The van der Waals surface area contributed by atoms with E-state index in [1.54, 1.807) is 12.1 Å². The normalized spacial score (nSPS) is 12.8. The molecule has 0 aliphatic carbocycles. The summed E-state index contributed by atoms with van der Waals surface area (Å²) < 4.78 is 13.0. The molecule has 0 saturated carbocycles. The van der Waals surface area contributed by atoms with Crippen molar-refractivity contribution in [3.63, 3.8) is 0 Å². The molecule has 1 atom stereocenters. The van der Waals surface area contributed by atoms with Gasteiger partial charge in [0.15, 0.2) is 0 Å². The van der Waals surface area contributed by atoms with E-state index < -0.39 is 0 Å². The molecule has 0 aliphatic rings. The number of carbonyl (C=O) groups excluding carboxylic acids is 1. The van der Waals surface area contributed by atoms with Crippen LogP contribution >= 0.6 is 0 Å². The molecule has 0 heterocycles. The molecule has 0 radical (unpaired) electrons. The molecular weight excluding hydrogens is 259 g/mol. The number of amides is 2. The van der Waals surface area contributed by atoms with E-state index in [-0.39, 0.29) is 36.5 Å². The van der Waals surface area contributed by atoms with Crippen molar-refractivity contribution in [2.24, 2.45) is 5.41 Å². The highest BCUT2D eigenvalue weighted by atomic mass is 19.1. The van der Waals surface area contributed by atoms with Gasteiger partial charge < -0.3 is 15.7 Å². The van der Waals surface area contributed by atoms with Crippen LogP contribution in [0.3, 0.4) is 0 Å². The molecule has 1 aromatic carbocycles. The number of rotatable bonds is 5. The molecule has 0 bridgehead atoms. The minimum absolute atomic E-state index is 0.0172. The Labute approximate surface area is 119 Å². The van der Waals surface area contributed by atoms with E-state index in [2.05, 4.69) is 31.4 Å². The lowest BCUT2D eigenvalue weighted by atomic mass is 9.85. The lowest BCUT2D eigenvalue weighted by Gasteiger charge is -2.27. The molecule has 1 unspecified atom stereocenters. The highest BCUT2D eigenvalue weighted by Gasteiger charge is 2.21. The molecule has 3 N–H and O–H groups in total. The van der Waals surface area contributed by atoms with Crippen LogP contribution in [0, 0.1) is 11.2 Å². The van der Waals surface area contributed by atoms with E-state index in [1.165, 1.54) is 12.1 Å². The van der Waals surface area contributed by atoms with Gasteiger partial charge in [-0.2, -0.15) is 0 Å². The van der Waals surface area contributed by atoms with Gasteiger partial charge in [-0.15, -0.1) is 0 Å². The molecule has 2 amide bonds. The lowest BCUT2D eigenvalue weighted by molar-refractivity contribution is 0.225. The summed E-state index contributed by atoms with van der Waals surface area (Å²) in [5.41, 5.74) is 0.879. The molecule has 0 spiro atoms. The van der Waals surface area contributed by atoms with Gasteiger partial charge in [-0.1, -0.05) is 32.9 Å². The van der Waals surface area contributed by atoms with Crippen LogP contribution in [0.1, 0.15) is 38.8 Å². The van der Waals surface area contributed by atoms with Crippen molar-refractivity contribution in [2.75, 3.05) is 13.2 Å². The fourth-order valence-corrected chi connectivity index (χ4v) is 1.94. The van der Waals surface area contributed by atoms with Gasteiger partial charge in [-0.25, -0.2) is 9.18 Å². The molecule has 4 nitrogen and oxygen atoms in total. The second kappa shape index (κ2) is 7.24. The van der Waals surface area contributed by atoms with Gasteiger partial charge in [0, 0.05) is 6.54 Å². The molecule has 5 heteroatoms. The summed E-state index contributed by atoms with van der Waals surface area (Å²) in [6, 6.07) is 5.60. The second-order valence-electron chi connectivity index (χ2n) is 5.99. The highest BCUT2D eigenvalue weighted by molar-refractivity contribution is 5.74. The summed E-state index contributed by atoms with van der Waals surface area (Å²) in [6.07, 6.45) is 0.727. The van der Waals surface area contributed by atoms with Gasteiger partial charge in [-0.3, -0.25) is 0 Å². The predicted octanol–water partition coefficient (Wildman–Crippen LogP) is 2.59. The summed E-state index contributed by atoms with van der Waals surface area (Å²) >= 11 is 0. The van der Waals surface area contributed by atoms with Crippen LogP contribution < -0.4 is 10.6 Å². The molecule has 1 rings (SSSR count). The van der Waals surface area contributed by atoms with Crippen molar-refractivity contribution in [1.29, 1.82) is 0 Å². The topological polar surface area (TPSA) is 61.4 Å². The Balaban J connectivity index is 2.80. The SMILES string of the molecule is CC(C)(C)CC(NC(=O)NCCO)c1ccc(F)cc1. The van der Waals surface area contributed by atoms with Gasteiger partial charge in [0.25, 0.3) is 0 Å². The smallest absolute Gasteiger partial charge is 0.315 e. The second-order valence-corrected chi connectivity index (χ2v) is 5.99. The molecule has 0 fully saturated rings. The summed E-state index contributed by atoms with van der Waals surface area (Å²) in [5, 5.41) is 14.1. The highest BCUT2D eigenvalue weighted by Crippen LogP contribution is 2.29. The Bertz CT molecular complexity index is 426. The zero-order valence-corrected chi connectivity index (χ0v) is 12.2. The number of halogens is 1. The van der Waals surface area contributed by atoms with Gasteiger partial charge in [0.2, 0.25) is 0 Å².